The largest absolute Gasteiger partial charge is 0.378 e. The summed E-state index contributed by atoms with van der Waals surface area (Å²) in [5.41, 5.74) is 1.71. The third kappa shape index (κ3) is 3.96. The molecule has 1 fully saturated rings. The number of hydrogen-bond donors (Lipinski definition) is 0. The maximum atomic E-state index is 13.0. The lowest BCUT2D eigenvalue weighted by Gasteiger charge is -2.31. The molecular formula is C19H22N4O3S. The van der Waals surface area contributed by atoms with Crippen molar-refractivity contribution in [3.63, 3.8) is 0 Å². The molecule has 142 valence electrons. The summed E-state index contributed by atoms with van der Waals surface area (Å²) in [4.78, 5) is 11.1. The van der Waals surface area contributed by atoms with Crippen LogP contribution in [-0.2, 0) is 21.2 Å². The Hall–Kier alpha value is -2.45. The fourth-order valence-electron chi connectivity index (χ4n) is 3.27. The summed E-state index contributed by atoms with van der Waals surface area (Å²) in [6.07, 6.45) is 4.92. The van der Waals surface area contributed by atoms with E-state index in [1.807, 2.05) is 35.2 Å². The van der Waals surface area contributed by atoms with Gasteiger partial charge in [0.2, 0.25) is 5.95 Å². The molecule has 1 aromatic heterocycles. The molecule has 1 saturated heterocycles. The SMILES string of the molecule is O=S(=O)(/C=C/c1ccccc1)N1CCCc2cnc(N3CCOCC3)nc21. The van der Waals surface area contributed by atoms with Crippen LogP contribution in [0.3, 0.4) is 0 Å². The van der Waals surface area contributed by atoms with E-state index in [-0.39, 0.29) is 0 Å². The third-order valence-electron chi connectivity index (χ3n) is 4.71. The van der Waals surface area contributed by atoms with Crippen molar-refractivity contribution in [3.8, 4) is 0 Å². The zero-order valence-electron chi connectivity index (χ0n) is 15.0. The molecule has 0 unspecified atom stereocenters. The molecule has 0 amide bonds. The molecule has 0 aliphatic carbocycles. The highest BCUT2D eigenvalue weighted by Gasteiger charge is 2.28. The van der Waals surface area contributed by atoms with Gasteiger partial charge in [-0.15, -0.1) is 0 Å². The second kappa shape index (κ2) is 7.66. The van der Waals surface area contributed by atoms with E-state index in [9.17, 15) is 8.42 Å². The van der Waals surface area contributed by atoms with Crippen LogP contribution in [0, 0.1) is 0 Å². The monoisotopic (exact) mass is 386 g/mol. The molecule has 0 radical (unpaired) electrons. The summed E-state index contributed by atoms with van der Waals surface area (Å²) >= 11 is 0. The maximum Gasteiger partial charge on any atom is 0.258 e. The fraction of sp³-hybridized carbons (Fsp3) is 0.368. The number of rotatable bonds is 4. The Morgan fingerprint density at radius 3 is 2.63 bits per heavy atom. The molecule has 27 heavy (non-hydrogen) atoms. The molecule has 0 spiro atoms. The molecule has 0 saturated carbocycles. The van der Waals surface area contributed by atoms with Gasteiger partial charge in [0.15, 0.2) is 5.82 Å². The molecule has 3 heterocycles. The number of sulfonamides is 1. The van der Waals surface area contributed by atoms with Crippen LogP contribution in [0.2, 0.25) is 0 Å². The van der Waals surface area contributed by atoms with Gasteiger partial charge in [-0.3, -0.25) is 0 Å². The second-order valence-electron chi connectivity index (χ2n) is 6.55. The summed E-state index contributed by atoms with van der Waals surface area (Å²) in [5.74, 6) is 1.06. The number of fused-ring (bicyclic) bond motifs is 1. The maximum absolute atomic E-state index is 13.0. The minimum atomic E-state index is -3.62. The second-order valence-corrected chi connectivity index (χ2v) is 8.30. The summed E-state index contributed by atoms with van der Waals surface area (Å²) < 4.78 is 32.7. The summed E-state index contributed by atoms with van der Waals surface area (Å²) in [7, 11) is -3.62. The smallest absolute Gasteiger partial charge is 0.258 e. The first-order valence-electron chi connectivity index (χ1n) is 9.08. The fourth-order valence-corrected chi connectivity index (χ4v) is 4.52. The predicted molar refractivity (Wildman–Crippen MR) is 105 cm³/mol. The van der Waals surface area contributed by atoms with Gasteiger partial charge in [-0.1, -0.05) is 30.3 Å². The van der Waals surface area contributed by atoms with Gasteiger partial charge in [0.1, 0.15) is 0 Å². The number of aromatic nitrogens is 2. The van der Waals surface area contributed by atoms with E-state index in [0.717, 1.165) is 24.0 Å². The number of nitrogens with zero attached hydrogens (tertiary/aromatic N) is 4. The summed E-state index contributed by atoms with van der Waals surface area (Å²) in [6.45, 7) is 3.09. The van der Waals surface area contributed by atoms with Gasteiger partial charge >= 0.3 is 0 Å². The highest BCUT2D eigenvalue weighted by molar-refractivity contribution is 7.95. The number of aryl methyl sites for hydroxylation is 1. The lowest BCUT2D eigenvalue weighted by Crippen LogP contribution is -2.39. The van der Waals surface area contributed by atoms with E-state index in [2.05, 4.69) is 9.97 Å². The van der Waals surface area contributed by atoms with Gasteiger partial charge in [0, 0.05) is 31.4 Å². The number of benzene rings is 1. The topological polar surface area (TPSA) is 75.6 Å². The number of anilines is 2. The van der Waals surface area contributed by atoms with Crippen molar-refractivity contribution in [3.05, 3.63) is 53.1 Å². The van der Waals surface area contributed by atoms with Crippen LogP contribution in [0.25, 0.3) is 6.08 Å². The zero-order valence-corrected chi connectivity index (χ0v) is 15.8. The summed E-state index contributed by atoms with van der Waals surface area (Å²) in [6, 6.07) is 9.40. The quantitative estimate of drug-likeness (QED) is 0.801. The molecule has 0 bridgehead atoms. The van der Waals surface area contributed by atoms with Gasteiger partial charge in [0.05, 0.1) is 18.6 Å². The molecule has 1 aromatic carbocycles. The Morgan fingerprint density at radius 2 is 1.85 bits per heavy atom. The number of hydrogen-bond acceptors (Lipinski definition) is 6. The van der Waals surface area contributed by atoms with Gasteiger partial charge in [0.25, 0.3) is 10.0 Å². The molecule has 0 N–H and O–H groups in total. The first-order valence-corrected chi connectivity index (χ1v) is 10.6. The average Bonchev–Trinajstić information content (AvgIpc) is 2.73. The molecule has 8 heteroatoms. The van der Waals surface area contributed by atoms with E-state index in [1.165, 1.54) is 9.71 Å². The Morgan fingerprint density at radius 1 is 1.07 bits per heavy atom. The van der Waals surface area contributed by atoms with Crippen molar-refractivity contribution < 1.29 is 13.2 Å². The highest BCUT2D eigenvalue weighted by Crippen LogP contribution is 2.29. The zero-order chi connectivity index (χ0) is 18.7. The van der Waals surface area contributed by atoms with Crippen LogP contribution in [0.15, 0.2) is 41.9 Å². The van der Waals surface area contributed by atoms with Crippen molar-refractivity contribution >= 4 is 27.9 Å². The number of ether oxygens (including phenoxy) is 1. The minimum Gasteiger partial charge on any atom is -0.378 e. The van der Waals surface area contributed by atoms with Crippen molar-refractivity contribution in [1.29, 1.82) is 0 Å². The van der Waals surface area contributed by atoms with Crippen LogP contribution >= 0.6 is 0 Å². The van der Waals surface area contributed by atoms with E-state index in [1.54, 1.807) is 12.3 Å². The first kappa shape index (κ1) is 17.9. The Labute approximate surface area is 159 Å². The normalized spacial score (nSPS) is 17.9. The molecule has 2 aliphatic rings. The van der Waals surface area contributed by atoms with Crippen molar-refractivity contribution in [2.24, 2.45) is 0 Å². The third-order valence-corrected chi connectivity index (χ3v) is 6.16. The van der Waals surface area contributed by atoms with Crippen molar-refractivity contribution in [2.75, 3.05) is 42.1 Å². The van der Waals surface area contributed by atoms with Crippen LogP contribution < -0.4 is 9.21 Å². The minimum absolute atomic E-state index is 0.425. The highest BCUT2D eigenvalue weighted by atomic mass is 32.2. The van der Waals surface area contributed by atoms with Crippen LogP contribution in [-0.4, -0.2) is 51.2 Å². The lowest BCUT2D eigenvalue weighted by atomic mass is 10.1. The van der Waals surface area contributed by atoms with E-state index >= 15 is 0 Å². The Bertz CT molecular complexity index is 925. The molecule has 7 nitrogen and oxygen atoms in total. The van der Waals surface area contributed by atoms with E-state index in [0.29, 0.717) is 44.6 Å². The van der Waals surface area contributed by atoms with Crippen molar-refractivity contribution in [2.45, 2.75) is 12.8 Å². The van der Waals surface area contributed by atoms with Gasteiger partial charge in [-0.2, -0.15) is 4.98 Å². The Balaban J connectivity index is 1.64. The number of morpholine rings is 1. The van der Waals surface area contributed by atoms with Crippen LogP contribution in [0.1, 0.15) is 17.5 Å². The van der Waals surface area contributed by atoms with Crippen LogP contribution in [0.4, 0.5) is 11.8 Å². The Kier molecular flexibility index (Phi) is 5.09. The van der Waals surface area contributed by atoms with E-state index in [4.69, 9.17) is 4.74 Å². The van der Waals surface area contributed by atoms with Gasteiger partial charge in [-0.25, -0.2) is 17.7 Å². The molecule has 2 aromatic rings. The van der Waals surface area contributed by atoms with Crippen molar-refractivity contribution in [1.82, 2.24) is 9.97 Å². The van der Waals surface area contributed by atoms with Gasteiger partial charge < -0.3 is 9.64 Å². The van der Waals surface area contributed by atoms with Crippen LogP contribution in [0.5, 0.6) is 0 Å². The standard InChI is InChI=1S/C19H22N4O3S/c24-27(25,14-8-16-5-2-1-3-6-16)23-9-4-7-17-15-20-19(21-18(17)23)22-10-12-26-13-11-22/h1-3,5-6,8,14-15H,4,7,9-13H2/b14-8+. The molecular weight excluding hydrogens is 364 g/mol. The summed E-state index contributed by atoms with van der Waals surface area (Å²) in [5, 5.41) is 1.26. The molecule has 4 rings (SSSR count). The van der Waals surface area contributed by atoms with Gasteiger partial charge in [-0.05, 0) is 24.5 Å². The average molecular weight is 386 g/mol. The lowest BCUT2D eigenvalue weighted by molar-refractivity contribution is 0.122. The molecule has 0 atom stereocenters. The van der Waals surface area contributed by atoms with E-state index < -0.39 is 10.0 Å². The predicted octanol–water partition coefficient (Wildman–Crippen LogP) is 2.07. The molecule has 2 aliphatic heterocycles. The first-order chi connectivity index (χ1) is 13.1.